The summed E-state index contributed by atoms with van der Waals surface area (Å²) < 4.78 is 6.52. The van der Waals surface area contributed by atoms with Gasteiger partial charge in [0.25, 0.3) is 0 Å². The first kappa shape index (κ1) is 37.9. The van der Waals surface area contributed by atoms with E-state index < -0.39 is 56.4 Å². The van der Waals surface area contributed by atoms with Crippen molar-refractivity contribution in [3.05, 3.63) is 47.5 Å². The first-order chi connectivity index (χ1) is 21.9. The van der Waals surface area contributed by atoms with Crippen LogP contribution in [0.2, 0.25) is 18.1 Å². The largest absolute Gasteiger partial charge is 0.508 e. The Morgan fingerprint density at radius 1 is 1.00 bits per heavy atom. The number of aliphatic hydroxyl groups is 1. The summed E-state index contributed by atoms with van der Waals surface area (Å²) in [7, 11) is -0.670. The molecule has 1 heterocycles. The normalized spacial score (nSPS) is 20.7. The van der Waals surface area contributed by atoms with Gasteiger partial charge in [0.05, 0.1) is 18.2 Å². The summed E-state index contributed by atoms with van der Waals surface area (Å²) in [6.07, 6.45) is -1.61. The zero-order chi connectivity index (χ0) is 35.1. The summed E-state index contributed by atoms with van der Waals surface area (Å²) in [5, 5.41) is 42.5. The van der Waals surface area contributed by atoms with Gasteiger partial charge in [0.2, 0.25) is 17.7 Å². The standard InChI is InChI=1S/C33H52N6O7Si/c1-33(2,3)47(5,6)46-24(16-34)15-27-32(45)39-26(31(44)37-18-23(40)17-36-4)14-22-12-20(8-10-29(22)42)19-7-9-28(41)21(11-19)13-25(35)30(43)38-27/h7-12,23-27,36,40-42H,13-18,34-35H2,1-6H3,(H,37,44)(H,38,43)(H,39,45)/t23?,24-,25+,26-,27+/m1/s1. The van der Waals surface area contributed by atoms with Gasteiger partial charge < -0.3 is 52.5 Å². The number of hydrogen-bond donors (Lipinski definition) is 9. The monoisotopic (exact) mass is 672 g/mol. The summed E-state index contributed by atoms with van der Waals surface area (Å²) in [5.41, 5.74) is 14.6. The summed E-state index contributed by atoms with van der Waals surface area (Å²) in [5.74, 6) is -2.03. The number of aromatic hydroxyl groups is 2. The third kappa shape index (κ3) is 10.2. The van der Waals surface area contributed by atoms with Crippen LogP contribution in [0.25, 0.3) is 11.1 Å². The zero-order valence-corrected chi connectivity index (χ0v) is 29.2. The van der Waals surface area contributed by atoms with Crippen LogP contribution in [-0.2, 0) is 31.7 Å². The van der Waals surface area contributed by atoms with Gasteiger partial charge >= 0.3 is 0 Å². The van der Waals surface area contributed by atoms with Crippen molar-refractivity contribution in [2.24, 2.45) is 11.5 Å². The van der Waals surface area contributed by atoms with Gasteiger partial charge in [0, 0.05) is 38.9 Å². The number of likely N-dealkylation sites (N-methyl/N-ethyl adjacent to an activating group) is 1. The fraction of sp³-hybridized carbons (Fsp3) is 0.545. The van der Waals surface area contributed by atoms with Gasteiger partial charge in [-0.3, -0.25) is 14.4 Å². The Hall–Kier alpha value is -3.53. The maximum Gasteiger partial charge on any atom is 0.243 e. The number of fused-ring (bicyclic) bond motifs is 5. The molecule has 2 aromatic carbocycles. The molecular formula is C33H52N6O7Si. The second-order valence-electron chi connectivity index (χ2n) is 13.8. The fourth-order valence-corrected chi connectivity index (χ4v) is 6.48. The van der Waals surface area contributed by atoms with Crippen LogP contribution in [0.5, 0.6) is 11.5 Å². The molecule has 0 radical (unpaired) electrons. The third-order valence-electron chi connectivity index (χ3n) is 8.94. The molecule has 4 bridgehead atoms. The van der Waals surface area contributed by atoms with Gasteiger partial charge in [-0.15, -0.1) is 0 Å². The molecule has 0 fully saturated rings. The van der Waals surface area contributed by atoms with E-state index in [1.54, 1.807) is 31.3 Å². The topological polar surface area (TPSA) is 221 Å². The molecule has 0 saturated heterocycles. The van der Waals surface area contributed by atoms with Crippen molar-refractivity contribution in [1.29, 1.82) is 0 Å². The number of nitrogens with two attached hydrogens (primary N) is 2. The van der Waals surface area contributed by atoms with Crippen molar-refractivity contribution in [3.63, 3.8) is 0 Å². The third-order valence-corrected chi connectivity index (χ3v) is 13.5. The number of rotatable bonds is 10. The molecule has 3 amide bonds. The fourth-order valence-electron chi connectivity index (χ4n) is 5.10. The summed E-state index contributed by atoms with van der Waals surface area (Å²) in [6.45, 7) is 10.6. The molecule has 47 heavy (non-hydrogen) atoms. The van der Waals surface area contributed by atoms with E-state index in [0.29, 0.717) is 22.3 Å². The van der Waals surface area contributed by atoms with Crippen LogP contribution in [0.15, 0.2) is 36.4 Å². The SMILES string of the molecule is CNCC(O)CNC(=O)[C@H]1Cc2cc(ccc2O)-c2ccc(O)c(c2)C[C@H](N)C(=O)N[C@@H](C[C@H](CN)O[Si](C)(C)C(C)(C)C)C(=O)N1. The average Bonchev–Trinajstić information content (AvgIpc) is 2.99. The summed E-state index contributed by atoms with van der Waals surface area (Å²) in [6, 6.07) is 6.27. The van der Waals surface area contributed by atoms with Gasteiger partial charge in [-0.05, 0) is 71.7 Å². The molecule has 13 nitrogen and oxygen atoms in total. The van der Waals surface area contributed by atoms with Gasteiger partial charge in [0.1, 0.15) is 23.6 Å². The number of benzene rings is 2. The lowest BCUT2D eigenvalue weighted by molar-refractivity contribution is -0.133. The number of phenolic OH excluding ortho intramolecular Hbond substituents is 2. The first-order valence-corrected chi connectivity index (χ1v) is 18.8. The molecule has 1 aliphatic heterocycles. The Labute approximate surface area is 278 Å². The molecule has 260 valence electrons. The smallest absolute Gasteiger partial charge is 0.243 e. The van der Waals surface area contributed by atoms with Gasteiger partial charge in [-0.2, -0.15) is 0 Å². The minimum atomic E-state index is -2.34. The minimum Gasteiger partial charge on any atom is -0.508 e. The number of hydrogen-bond acceptors (Lipinski definition) is 10. The van der Waals surface area contributed by atoms with E-state index in [1.165, 1.54) is 12.1 Å². The average molecular weight is 673 g/mol. The minimum absolute atomic E-state index is 0.00396. The Bertz CT molecular complexity index is 1420. The molecule has 5 atom stereocenters. The lowest BCUT2D eigenvalue weighted by atomic mass is 9.95. The van der Waals surface area contributed by atoms with Crippen molar-refractivity contribution >= 4 is 26.0 Å². The molecule has 1 unspecified atom stereocenters. The molecular weight excluding hydrogens is 620 g/mol. The second kappa shape index (κ2) is 16.0. The Kier molecular flexibility index (Phi) is 12.9. The van der Waals surface area contributed by atoms with E-state index in [9.17, 15) is 29.7 Å². The zero-order valence-electron chi connectivity index (χ0n) is 28.2. The number of nitrogens with one attached hydrogen (secondary N) is 4. The van der Waals surface area contributed by atoms with Crippen LogP contribution in [0.3, 0.4) is 0 Å². The first-order valence-electron chi connectivity index (χ1n) is 15.9. The maximum absolute atomic E-state index is 14.0. The molecule has 3 rings (SSSR count). The second-order valence-corrected chi connectivity index (χ2v) is 18.5. The van der Waals surface area contributed by atoms with E-state index in [1.807, 2.05) is 0 Å². The van der Waals surface area contributed by atoms with Crippen LogP contribution in [0, 0.1) is 0 Å². The molecule has 11 N–H and O–H groups in total. The van der Waals surface area contributed by atoms with E-state index in [-0.39, 0.29) is 55.4 Å². The predicted molar refractivity (Wildman–Crippen MR) is 183 cm³/mol. The van der Waals surface area contributed by atoms with Crippen molar-refractivity contribution in [1.82, 2.24) is 21.3 Å². The Balaban J connectivity index is 2.07. The van der Waals surface area contributed by atoms with Crippen LogP contribution >= 0.6 is 0 Å². The number of aliphatic hydroxyl groups excluding tert-OH is 1. The predicted octanol–water partition coefficient (Wildman–Crippen LogP) is 0.596. The molecule has 0 aliphatic carbocycles. The molecule has 2 aromatic rings. The Morgan fingerprint density at radius 3 is 2.11 bits per heavy atom. The van der Waals surface area contributed by atoms with Gasteiger partial charge in [-0.25, -0.2) is 0 Å². The Morgan fingerprint density at radius 2 is 1.57 bits per heavy atom. The van der Waals surface area contributed by atoms with Crippen LogP contribution in [0.4, 0.5) is 0 Å². The highest BCUT2D eigenvalue weighted by atomic mass is 28.4. The quantitative estimate of drug-likeness (QED) is 0.160. The number of phenols is 2. The van der Waals surface area contributed by atoms with E-state index >= 15 is 0 Å². The van der Waals surface area contributed by atoms with E-state index in [4.69, 9.17) is 15.9 Å². The molecule has 0 spiro atoms. The van der Waals surface area contributed by atoms with Crippen molar-refractivity contribution in [3.8, 4) is 22.6 Å². The van der Waals surface area contributed by atoms with E-state index in [0.717, 1.165) is 0 Å². The maximum atomic E-state index is 14.0. The highest BCUT2D eigenvalue weighted by Crippen LogP contribution is 2.37. The molecule has 1 aliphatic rings. The summed E-state index contributed by atoms with van der Waals surface area (Å²) in [4.78, 5) is 41.0. The van der Waals surface area contributed by atoms with Crippen molar-refractivity contribution < 1.29 is 34.1 Å². The number of carbonyl (C=O) groups is 3. The highest BCUT2D eigenvalue weighted by Gasteiger charge is 2.40. The lowest BCUT2D eigenvalue weighted by Gasteiger charge is -2.39. The van der Waals surface area contributed by atoms with E-state index in [2.05, 4.69) is 55.1 Å². The molecule has 0 aromatic heterocycles. The highest BCUT2D eigenvalue weighted by molar-refractivity contribution is 6.74. The van der Waals surface area contributed by atoms with Crippen LogP contribution in [-0.4, -0.2) is 98.4 Å². The summed E-state index contributed by atoms with van der Waals surface area (Å²) >= 11 is 0. The lowest BCUT2D eigenvalue weighted by Crippen LogP contribution is -2.58. The molecule has 14 heteroatoms. The van der Waals surface area contributed by atoms with Crippen molar-refractivity contribution in [2.45, 2.75) is 88.5 Å². The number of carbonyl (C=O) groups excluding carboxylic acids is 3. The van der Waals surface area contributed by atoms with Crippen LogP contribution in [0.1, 0.15) is 38.3 Å². The molecule has 0 saturated carbocycles. The van der Waals surface area contributed by atoms with Gasteiger partial charge in [-0.1, -0.05) is 32.9 Å². The van der Waals surface area contributed by atoms with Crippen molar-refractivity contribution in [2.75, 3.05) is 26.7 Å². The van der Waals surface area contributed by atoms with Crippen LogP contribution < -0.4 is 32.7 Å². The van der Waals surface area contributed by atoms with Gasteiger partial charge in [0.15, 0.2) is 8.32 Å². The number of amides is 3.